The first-order valence-corrected chi connectivity index (χ1v) is 9.76. The molecule has 1 N–H and O–H groups in total. The highest BCUT2D eigenvalue weighted by molar-refractivity contribution is 6.16. The van der Waals surface area contributed by atoms with E-state index in [1.165, 1.54) is 7.11 Å². The molecule has 0 aliphatic heterocycles. The molecule has 0 aliphatic carbocycles. The van der Waals surface area contributed by atoms with Crippen LogP contribution in [0, 0.1) is 11.3 Å². The van der Waals surface area contributed by atoms with Gasteiger partial charge in [-0.25, -0.2) is 9.78 Å². The Balaban J connectivity index is 1.74. The number of rotatable bonds is 5. The first-order chi connectivity index (χ1) is 15.1. The number of aromatic nitrogens is 1. The zero-order valence-corrected chi connectivity index (χ0v) is 16.8. The molecule has 152 valence electrons. The molecule has 1 atom stereocenters. The van der Waals surface area contributed by atoms with Gasteiger partial charge in [-0.3, -0.25) is 4.79 Å². The summed E-state index contributed by atoms with van der Waals surface area (Å²) in [7, 11) is 1.28. The Kier molecular flexibility index (Phi) is 5.59. The second-order valence-electron chi connectivity index (χ2n) is 7.09. The number of nitrogens with zero attached hydrogens (tertiary/aromatic N) is 2. The van der Waals surface area contributed by atoms with Crippen LogP contribution in [0.25, 0.3) is 21.8 Å². The molecule has 31 heavy (non-hydrogen) atoms. The number of carbonyl (C=O) groups is 2. The number of amides is 1. The Bertz CT molecular complexity index is 1290. The summed E-state index contributed by atoms with van der Waals surface area (Å²) in [5.41, 5.74) is 3.09. The van der Waals surface area contributed by atoms with E-state index in [1.807, 2.05) is 48.5 Å². The van der Waals surface area contributed by atoms with Crippen molar-refractivity contribution in [1.82, 2.24) is 10.3 Å². The molecule has 1 heterocycles. The minimum absolute atomic E-state index is 0.203. The van der Waals surface area contributed by atoms with Crippen LogP contribution in [0.15, 0.2) is 72.8 Å². The summed E-state index contributed by atoms with van der Waals surface area (Å²) in [5.74, 6) is -0.944. The van der Waals surface area contributed by atoms with Gasteiger partial charge in [-0.15, -0.1) is 0 Å². The molecule has 6 heteroatoms. The average Bonchev–Trinajstić information content (AvgIpc) is 2.81. The lowest BCUT2D eigenvalue weighted by Crippen LogP contribution is -2.43. The van der Waals surface area contributed by atoms with Crippen molar-refractivity contribution < 1.29 is 14.3 Å². The number of esters is 1. The van der Waals surface area contributed by atoms with E-state index in [0.29, 0.717) is 32.9 Å². The molecule has 4 rings (SSSR count). The monoisotopic (exact) mass is 409 g/mol. The van der Waals surface area contributed by atoms with Crippen molar-refractivity contribution in [2.24, 2.45) is 0 Å². The molecule has 0 saturated heterocycles. The third kappa shape index (κ3) is 4.07. The third-order valence-electron chi connectivity index (χ3n) is 5.10. The van der Waals surface area contributed by atoms with Crippen molar-refractivity contribution in [3.05, 3.63) is 89.5 Å². The molecule has 0 radical (unpaired) electrons. The highest BCUT2D eigenvalue weighted by Crippen LogP contribution is 2.26. The number of pyridine rings is 1. The summed E-state index contributed by atoms with van der Waals surface area (Å²) >= 11 is 0. The summed E-state index contributed by atoms with van der Waals surface area (Å²) in [5, 5.41) is 13.4. The van der Waals surface area contributed by atoms with Crippen LogP contribution in [-0.2, 0) is 16.0 Å². The number of para-hydroxylation sites is 2. The van der Waals surface area contributed by atoms with E-state index in [9.17, 15) is 9.59 Å². The predicted octanol–water partition coefficient (Wildman–Crippen LogP) is 3.77. The Morgan fingerprint density at radius 1 is 1.00 bits per heavy atom. The summed E-state index contributed by atoms with van der Waals surface area (Å²) in [6.07, 6.45) is 0.203. The average molecular weight is 409 g/mol. The molecular weight excluding hydrogens is 390 g/mol. The zero-order valence-electron chi connectivity index (χ0n) is 16.8. The van der Waals surface area contributed by atoms with Gasteiger partial charge in [-0.1, -0.05) is 48.5 Å². The number of ether oxygens (including phenoxy) is 1. The van der Waals surface area contributed by atoms with E-state index < -0.39 is 12.0 Å². The van der Waals surface area contributed by atoms with Crippen LogP contribution in [0.3, 0.4) is 0 Å². The van der Waals surface area contributed by atoms with Crippen LogP contribution in [0.2, 0.25) is 0 Å². The summed E-state index contributed by atoms with van der Waals surface area (Å²) in [6, 6.07) is 22.9. The number of nitriles is 1. The van der Waals surface area contributed by atoms with Crippen molar-refractivity contribution >= 4 is 33.7 Å². The van der Waals surface area contributed by atoms with Gasteiger partial charge in [0.15, 0.2) is 0 Å². The minimum Gasteiger partial charge on any atom is -0.467 e. The predicted molar refractivity (Wildman–Crippen MR) is 117 cm³/mol. The summed E-state index contributed by atoms with van der Waals surface area (Å²) in [4.78, 5) is 30.5. The SMILES string of the molecule is COC(=O)[C@@H](Cc1cccc(C#N)c1)NC(=O)c1c2ccccc2nc2ccccc12. The van der Waals surface area contributed by atoms with Gasteiger partial charge in [0.25, 0.3) is 5.91 Å². The van der Waals surface area contributed by atoms with Gasteiger partial charge in [-0.05, 0) is 29.8 Å². The Labute approximate surface area is 179 Å². The van der Waals surface area contributed by atoms with Gasteiger partial charge in [-0.2, -0.15) is 5.26 Å². The van der Waals surface area contributed by atoms with E-state index in [4.69, 9.17) is 10.00 Å². The smallest absolute Gasteiger partial charge is 0.328 e. The molecule has 6 nitrogen and oxygen atoms in total. The molecule has 0 bridgehead atoms. The summed E-state index contributed by atoms with van der Waals surface area (Å²) < 4.78 is 4.92. The maximum Gasteiger partial charge on any atom is 0.328 e. The minimum atomic E-state index is -0.905. The third-order valence-corrected chi connectivity index (χ3v) is 5.10. The molecule has 0 aliphatic rings. The van der Waals surface area contributed by atoms with Gasteiger partial charge in [0.05, 0.1) is 35.3 Å². The van der Waals surface area contributed by atoms with Gasteiger partial charge in [0.1, 0.15) is 6.04 Å². The topological polar surface area (TPSA) is 92.1 Å². The molecule has 1 amide bonds. The molecule has 1 aromatic heterocycles. The molecule has 0 saturated carbocycles. The van der Waals surface area contributed by atoms with E-state index in [0.717, 1.165) is 5.56 Å². The first-order valence-electron chi connectivity index (χ1n) is 9.76. The van der Waals surface area contributed by atoms with Gasteiger partial charge < -0.3 is 10.1 Å². The number of hydrogen-bond acceptors (Lipinski definition) is 5. The number of nitrogens with one attached hydrogen (secondary N) is 1. The number of hydrogen-bond donors (Lipinski definition) is 1. The van der Waals surface area contributed by atoms with Crippen molar-refractivity contribution in [1.29, 1.82) is 5.26 Å². The van der Waals surface area contributed by atoms with Crippen molar-refractivity contribution in [3.8, 4) is 6.07 Å². The molecular formula is C25H19N3O3. The highest BCUT2D eigenvalue weighted by Gasteiger charge is 2.25. The van der Waals surface area contributed by atoms with Crippen molar-refractivity contribution in [2.75, 3.05) is 7.11 Å². The van der Waals surface area contributed by atoms with Gasteiger partial charge in [0.2, 0.25) is 0 Å². The lowest BCUT2D eigenvalue weighted by atomic mass is 10.00. The fourth-order valence-corrected chi connectivity index (χ4v) is 3.65. The van der Waals surface area contributed by atoms with E-state index in [-0.39, 0.29) is 12.3 Å². The Hall–Kier alpha value is -4.24. The molecule has 3 aromatic carbocycles. The van der Waals surface area contributed by atoms with E-state index in [1.54, 1.807) is 24.3 Å². The Morgan fingerprint density at radius 2 is 1.65 bits per heavy atom. The van der Waals surface area contributed by atoms with Crippen molar-refractivity contribution in [3.63, 3.8) is 0 Å². The fraction of sp³-hybridized carbons (Fsp3) is 0.120. The zero-order chi connectivity index (χ0) is 21.8. The standard InChI is InChI=1S/C25H19N3O3/c1-31-25(30)22(14-16-7-6-8-17(13-16)15-26)28-24(29)23-18-9-2-4-11-20(18)27-21-12-5-3-10-19(21)23/h2-13,22H,14H2,1H3,(H,28,29)/t22-/m1/s1. The molecule has 0 fully saturated rings. The van der Waals surface area contributed by atoms with Crippen molar-refractivity contribution in [2.45, 2.75) is 12.5 Å². The largest absolute Gasteiger partial charge is 0.467 e. The van der Waals surface area contributed by atoms with Gasteiger partial charge in [0, 0.05) is 17.2 Å². The lowest BCUT2D eigenvalue weighted by molar-refractivity contribution is -0.142. The number of methoxy groups -OCH3 is 1. The molecule has 4 aromatic rings. The summed E-state index contributed by atoms with van der Waals surface area (Å²) in [6.45, 7) is 0. The van der Waals surface area contributed by atoms with Crippen LogP contribution in [-0.4, -0.2) is 30.0 Å². The second kappa shape index (κ2) is 8.64. The van der Waals surface area contributed by atoms with E-state index in [2.05, 4.69) is 16.4 Å². The maximum absolute atomic E-state index is 13.4. The lowest BCUT2D eigenvalue weighted by Gasteiger charge is -2.18. The number of fused-ring (bicyclic) bond motifs is 2. The van der Waals surface area contributed by atoms with Crippen LogP contribution in [0.5, 0.6) is 0 Å². The molecule has 0 spiro atoms. The van der Waals surface area contributed by atoms with Crippen LogP contribution in [0.4, 0.5) is 0 Å². The quantitative estimate of drug-likeness (QED) is 0.400. The Morgan fingerprint density at radius 3 is 2.26 bits per heavy atom. The van der Waals surface area contributed by atoms with Crippen LogP contribution >= 0.6 is 0 Å². The number of benzene rings is 3. The normalized spacial score (nSPS) is 11.6. The number of carbonyl (C=O) groups excluding carboxylic acids is 2. The second-order valence-corrected chi connectivity index (χ2v) is 7.09. The first kappa shape index (κ1) is 20.0. The maximum atomic E-state index is 13.4. The highest BCUT2D eigenvalue weighted by atomic mass is 16.5. The molecule has 0 unspecified atom stereocenters. The van der Waals surface area contributed by atoms with Gasteiger partial charge >= 0.3 is 5.97 Å². The van der Waals surface area contributed by atoms with Crippen LogP contribution < -0.4 is 5.32 Å². The fourth-order valence-electron chi connectivity index (χ4n) is 3.65. The van der Waals surface area contributed by atoms with Crippen LogP contribution in [0.1, 0.15) is 21.5 Å². The van der Waals surface area contributed by atoms with E-state index >= 15 is 0 Å².